The van der Waals surface area contributed by atoms with Crippen LogP contribution in [0.3, 0.4) is 0 Å². The number of rotatable bonds is 6. The van der Waals surface area contributed by atoms with Gasteiger partial charge < -0.3 is 4.57 Å². The topological polar surface area (TPSA) is 95.3 Å². The highest BCUT2D eigenvalue weighted by Crippen LogP contribution is 2.27. The molecule has 6 aromatic rings. The number of non-ortho nitro benzene ring substituents is 1. The SMILES string of the molecule is Cc1c(C=Nn2c(-c3ccccc3)nc3ccccc3c2=O)c2ccccc2n1Cc1cccc([N+](=O)[O-])c1. The van der Waals surface area contributed by atoms with E-state index in [9.17, 15) is 14.9 Å². The van der Waals surface area contributed by atoms with Crippen molar-refractivity contribution in [2.45, 2.75) is 13.5 Å². The zero-order chi connectivity index (χ0) is 26.9. The zero-order valence-electron chi connectivity index (χ0n) is 21.1. The molecule has 0 fully saturated rings. The van der Waals surface area contributed by atoms with E-state index in [-0.39, 0.29) is 16.2 Å². The third kappa shape index (κ3) is 4.38. The zero-order valence-corrected chi connectivity index (χ0v) is 21.1. The summed E-state index contributed by atoms with van der Waals surface area (Å²) in [6, 6.07) is 31.3. The minimum absolute atomic E-state index is 0.0556. The summed E-state index contributed by atoms with van der Waals surface area (Å²) in [6.07, 6.45) is 1.70. The highest BCUT2D eigenvalue weighted by atomic mass is 16.6. The second kappa shape index (κ2) is 9.83. The molecule has 0 N–H and O–H groups in total. The van der Waals surface area contributed by atoms with Crippen molar-refractivity contribution >= 4 is 33.7 Å². The van der Waals surface area contributed by atoms with Gasteiger partial charge in [-0.2, -0.15) is 9.78 Å². The summed E-state index contributed by atoms with van der Waals surface area (Å²) in [5, 5.41) is 17.4. The van der Waals surface area contributed by atoms with Crippen LogP contribution in [0.2, 0.25) is 0 Å². The number of nitrogens with zero attached hydrogens (tertiary/aromatic N) is 5. The van der Waals surface area contributed by atoms with E-state index in [4.69, 9.17) is 4.98 Å². The summed E-state index contributed by atoms with van der Waals surface area (Å²) in [5.74, 6) is 0.452. The largest absolute Gasteiger partial charge is 0.340 e. The maximum absolute atomic E-state index is 13.6. The van der Waals surface area contributed by atoms with Gasteiger partial charge in [0.25, 0.3) is 11.2 Å². The highest BCUT2D eigenvalue weighted by molar-refractivity contribution is 6.01. The molecule has 0 amide bonds. The fraction of sp³-hybridized carbons (Fsp3) is 0.0645. The number of nitro benzene ring substituents is 1. The number of hydrogen-bond donors (Lipinski definition) is 0. The summed E-state index contributed by atoms with van der Waals surface area (Å²) < 4.78 is 3.46. The molecule has 0 bridgehead atoms. The van der Waals surface area contributed by atoms with Crippen molar-refractivity contribution in [1.82, 2.24) is 14.2 Å². The van der Waals surface area contributed by atoms with Gasteiger partial charge in [0.2, 0.25) is 0 Å². The smallest absolute Gasteiger partial charge is 0.282 e. The lowest BCUT2D eigenvalue weighted by Crippen LogP contribution is -2.20. The first-order valence-electron chi connectivity index (χ1n) is 12.4. The second-order valence-corrected chi connectivity index (χ2v) is 9.21. The van der Waals surface area contributed by atoms with Gasteiger partial charge in [0.05, 0.1) is 22.0 Å². The molecule has 6 rings (SSSR count). The van der Waals surface area contributed by atoms with Gasteiger partial charge in [0.15, 0.2) is 5.82 Å². The van der Waals surface area contributed by atoms with Gasteiger partial charge in [-0.15, -0.1) is 0 Å². The molecule has 8 heteroatoms. The molecule has 0 aliphatic heterocycles. The predicted molar refractivity (Wildman–Crippen MR) is 153 cm³/mol. The molecule has 4 aromatic carbocycles. The van der Waals surface area contributed by atoms with Crippen LogP contribution in [-0.4, -0.2) is 25.4 Å². The Labute approximate surface area is 223 Å². The molecule has 0 atom stereocenters. The molecule has 0 aliphatic carbocycles. The third-order valence-electron chi connectivity index (χ3n) is 6.83. The van der Waals surface area contributed by atoms with E-state index in [1.807, 2.05) is 85.8 Å². The van der Waals surface area contributed by atoms with Crippen LogP contribution in [0.1, 0.15) is 16.8 Å². The van der Waals surface area contributed by atoms with Gasteiger partial charge in [0, 0.05) is 46.4 Å². The van der Waals surface area contributed by atoms with Gasteiger partial charge in [-0.05, 0) is 30.7 Å². The van der Waals surface area contributed by atoms with E-state index >= 15 is 0 Å². The summed E-state index contributed by atoms with van der Waals surface area (Å²) in [4.78, 5) is 29.3. The molecule has 39 heavy (non-hydrogen) atoms. The number of aromatic nitrogens is 3. The minimum Gasteiger partial charge on any atom is -0.340 e. The molecule has 190 valence electrons. The molecule has 2 heterocycles. The van der Waals surface area contributed by atoms with Crippen LogP contribution in [0.4, 0.5) is 5.69 Å². The maximum Gasteiger partial charge on any atom is 0.282 e. The van der Waals surface area contributed by atoms with E-state index in [1.54, 1.807) is 24.4 Å². The van der Waals surface area contributed by atoms with Crippen molar-refractivity contribution in [1.29, 1.82) is 0 Å². The first-order valence-corrected chi connectivity index (χ1v) is 12.4. The van der Waals surface area contributed by atoms with Gasteiger partial charge in [-0.25, -0.2) is 4.98 Å². The number of nitro groups is 1. The highest BCUT2D eigenvalue weighted by Gasteiger charge is 2.16. The minimum atomic E-state index is -0.387. The fourth-order valence-electron chi connectivity index (χ4n) is 4.90. The van der Waals surface area contributed by atoms with E-state index in [1.165, 1.54) is 10.7 Å². The Kier molecular flexibility index (Phi) is 6.05. The molecule has 0 aliphatic rings. The van der Waals surface area contributed by atoms with Crippen LogP contribution in [-0.2, 0) is 6.54 Å². The number of para-hydroxylation sites is 2. The first kappa shape index (κ1) is 24.0. The lowest BCUT2D eigenvalue weighted by Gasteiger charge is -2.10. The van der Waals surface area contributed by atoms with Gasteiger partial charge >= 0.3 is 0 Å². The maximum atomic E-state index is 13.6. The van der Waals surface area contributed by atoms with Crippen LogP contribution in [0.15, 0.2) is 113 Å². The van der Waals surface area contributed by atoms with E-state index in [2.05, 4.69) is 9.67 Å². The van der Waals surface area contributed by atoms with Gasteiger partial charge in [0.1, 0.15) is 0 Å². The normalized spacial score (nSPS) is 11.5. The van der Waals surface area contributed by atoms with Crippen molar-refractivity contribution in [3.8, 4) is 11.4 Å². The number of hydrogen-bond acceptors (Lipinski definition) is 5. The van der Waals surface area contributed by atoms with Gasteiger partial charge in [-0.3, -0.25) is 14.9 Å². The average Bonchev–Trinajstić information content (AvgIpc) is 3.23. The summed E-state index contributed by atoms with van der Waals surface area (Å²) in [7, 11) is 0. The Morgan fingerprint density at radius 2 is 1.62 bits per heavy atom. The molecular formula is C31H23N5O3. The van der Waals surface area contributed by atoms with Crippen LogP contribution in [0, 0.1) is 17.0 Å². The fourth-order valence-corrected chi connectivity index (χ4v) is 4.90. The lowest BCUT2D eigenvalue weighted by molar-refractivity contribution is -0.384. The molecule has 0 spiro atoms. The quantitative estimate of drug-likeness (QED) is 0.151. The van der Waals surface area contributed by atoms with Crippen molar-refractivity contribution in [2.24, 2.45) is 5.10 Å². The Hall–Kier alpha value is -5.37. The van der Waals surface area contributed by atoms with Crippen molar-refractivity contribution in [2.75, 3.05) is 0 Å². The first-order chi connectivity index (χ1) is 19.0. The Morgan fingerprint density at radius 3 is 2.41 bits per heavy atom. The summed E-state index contributed by atoms with van der Waals surface area (Å²) >= 11 is 0. The number of benzene rings is 4. The van der Waals surface area contributed by atoms with Crippen LogP contribution < -0.4 is 5.56 Å². The van der Waals surface area contributed by atoms with Crippen molar-refractivity contribution in [3.05, 3.63) is 140 Å². The molecular weight excluding hydrogens is 490 g/mol. The lowest BCUT2D eigenvalue weighted by atomic mass is 10.1. The molecule has 8 nitrogen and oxygen atoms in total. The monoisotopic (exact) mass is 513 g/mol. The second-order valence-electron chi connectivity index (χ2n) is 9.21. The van der Waals surface area contributed by atoms with Crippen molar-refractivity contribution in [3.63, 3.8) is 0 Å². The van der Waals surface area contributed by atoms with E-state index in [0.717, 1.165) is 33.3 Å². The molecule has 0 saturated carbocycles. The number of fused-ring (bicyclic) bond motifs is 2. The van der Waals surface area contributed by atoms with E-state index < -0.39 is 0 Å². The summed E-state index contributed by atoms with van der Waals surface area (Å²) in [5.41, 5.74) is 4.76. The molecule has 0 unspecified atom stereocenters. The molecule has 0 saturated heterocycles. The molecule has 2 aromatic heterocycles. The Bertz CT molecular complexity index is 1960. The predicted octanol–water partition coefficient (Wildman–Crippen LogP) is 6.17. The van der Waals surface area contributed by atoms with Gasteiger partial charge in [-0.1, -0.05) is 72.8 Å². The average molecular weight is 514 g/mol. The van der Waals surface area contributed by atoms with Crippen LogP contribution >= 0.6 is 0 Å². The van der Waals surface area contributed by atoms with Crippen LogP contribution in [0.25, 0.3) is 33.2 Å². The summed E-state index contributed by atoms with van der Waals surface area (Å²) in [6.45, 7) is 2.44. The Morgan fingerprint density at radius 1 is 0.897 bits per heavy atom. The van der Waals surface area contributed by atoms with E-state index in [0.29, 0.717) is 23.3 Å². The molecule has 0 radical (unpaired) electrons. The standard InChI is InChI=1S/C31H23N5O3/c1-21-27(25-14-6-8-17-29(25)34(21)20-22-10-9-13-24(18-22)36(38)39)19-32-35-30(23-11-3-2-4-12-23)33-28-16-7-5-15-26(28)31(35)37/h2-19H,20H2,1H3. The van der Waals surface area contributed by atoms with Crippen LogP contribution in [0.5, 0.6) is 0 Å². The Balaban J connectivity index is 1.50. The third-order valence-corrected chi connectivity index (χ3v) is 6.83. The van der Waals surface area contributed by atoms with Crippen molar-refractivity contribution < 1.29 is 4.92 Å².